The monoisotopic (exact) mass is 335 g/mol. The van der Waals surface area contributed by atoms with Gasteiger partial charge < -0.3 is 9.47 Å². The summed E-state index contributed by atoms with van der Waals surface area (Å²) >= 11 is 1.76. The van der Waals surface area contributed by atoms with Crippen LogP contribution in [0.4, 0.5) is 0 Å². The number of ether oxygens (including phenoxy) is 2. The minimum Gasteiger partial charge on any atom is -0.497 e. The van der Waals surface area contributed by atoms with Gasteiger partial charge in [0.05, 0.1) is 30.1 Å². The van der Waals surface area contributed by atoms with E-state index in [4.69, 9.17) is 9.47 Å². The number of hydrogen-bond donors (Lipinski definition) is 0. The molecule has 0 radical (unpaired) electrons. The molecule has 118 valence electrons. The minimum absolute atomic E-state index is 0.149. The first kappa shape index (κ1) is 17.0. The third kappa shape index (κ3) is 3.50. The average Bonchev–Trinajstić information content (AvgIpc) is 2.95. The Kier molecular flexibility index (Phi) is 5.25. The van der Waals surface area contributed by atoms with E-state index in [0.29, 0.717) is 0 Å². The highest BCUT2D eigenvalue weighted by molar-refractivity contribution is 8.34. The van der Waals surface area contributed by atoms with Gasteiger partial charge in [-0.25, -0.2) is 0 Å². The molecule has 0 aliphatic carbocycles. The van der Waals surface area contributed by atoms with Crippen molar-refractivity contribution < 1.29 is 9.47 Å². The Balaban J connectivity index is 2.57. The van der Waals surface area contributed by atoms with Crippen molar-refractivity contribution >= 4 is 27.6 Å². The highest BCUT2D eigenvalue weighted by atomic mass is 32.2. The zero-order valence-electron chi connectivity index (χ0n) is 13.6. The van der Waals surface area contributed by atoms with E-state index in [0.717, 1.165) is 27.7 Å². The standard InChI is InChI=1S/C17H21NO2S2/c1-17(2,3)15(11-18)16-21-6-7-22(16)14-9-12(19-4)8-13(10-14)20-5/h7-10H,6H2,1-5H3/b16-15-. The maximum Gasteiger partial charge on any atom is 0.123 e. The second-order valence-corrected chi connectivity index (χ2v) is 9.07. The summed E-state index contributed by atoms with van der Waals surface area (Å²) in [5.41, 5.74) is 0.722. The summed E-state index contributed by atoms with van der Waals surface area (Å²) in [5, 5.41) is 11.9. The van der Waals surface area contributed by atoms with Crippen molar-refractivity contribution in [2.24, 2.45) is 5.41 Å². The molecule has 0 saturated heterocycles. The topological polar surface area (TPSA) is 42.2 Å². The zero-order chi connectivity index (χ0) is 16.3. The van der Waals surface area contributed by atoms with Crippen molar-refractivity contribution in [3.8, 4) is 17.6 Å². The molecule has 1 unspecified atom stereocenters. The van der Waals surface area contributed by atoms with Crippen LogP contribution < -0.4 is 9.47 Å². The van der Waals surface area contributed by atoms with E-state index in [-0.39, 0.29) is 15.9 Å². The number of rotatable bonds is 3. The molecule has 1 heterocycles. The maximum absolute atomic E-state index is 9.61. The average molecular weight is 335 g/mol. The van der Waals surface area contributed by atoms with Crippen LogP contribution in [0.25, 0.3) is 0 Å². The second-order valence-electron chi connectivity index (χ2n) is 5.89. The van der Waals surface area contributed by atoms with Gasteiger partial charge in [-0.05, 0) is 22.9 Å². The predicted octanol–water partition coefficient (Wildman–Crippen LogP) is 4.66. The fourth-order valence-corrected chi connectivity index (χ4v) is 6.41. The van der Waals surface area contributed by atoms with E-state index < -0.39 is 0 Å². The molecule has 0 bridgehead atoms. The van der Waals surface area contributed by atoms with E-state index in [2.05, 4.69) is 32.2 Å². The Hall–Kier alpha value is -1.38. The smallest absolute Gasteiger partial charge is 0.123 e. The van der Waals surface area contributed by atoms with Crippen LogP contribution in [0.5, 0.6) is 11.5 Å². The number of hydrogen-bond acceptors (Lipinski definition) is 4. The molecule has 0 fully saturated rings. The van der Waals surface area contributed by atoms with E-state index in [1.54, 1.807) is 26.0 Å². The number of nitrogens with zero attached hydrogens (tertiary/aromatic N) is 1. The normalized spacial score (nSPS) is 20.1. The molecule has 3 nitrogen and oxygen atoms in total. The van der Waals surface area contributed by atoms with Gasteiger partial charge in [0.1, 0.15) is 11.5 Å². The number of thioether (sulfide) groups is 1. The first-order chi connectivity index (χ1) is 10.4. The van der Waals surface area contributed by atoms with Gasteiger partial charge in [0.2, 0.25) is 0 Å². The summed E-state index contributed by atoms with van der Waals surface area (Å²) in [6, 6.07) is 8.36. The summed E-state index contributed by atoms with van der Waals surface area (Å²) in [6.45, 7) is 6.27. The van der Waals surface area contributed by atoms with Crippen LogP contribution in [0, 0.1) is 16.7 Å². The fourth-order valence-electron chi connectivity index (χ4n) is 2.13. The van der Waals surface area contributed by atoms with Gasteiger partial charge in [-0.2, -0.15) is 5.26 Å². The van der Waals surface area contributed by atoms with E-state index >= 15 is 0 Å². The lowest BCUT2D eigenvalue weighted by Gasteiger charge is -2.21. The molecule has 0 aromatic heterocycles. The molecule has 22 heavy (non-hydrogen) atoms. The van der Waals surface area contributed by atoms with Gasteiger partial charge in [0, 0.05) is 16.7 Å². The first-order valence-electron chi connectivity index (χ1n) is 6.98. The molecule has 1 atom stereocenters. The van der Waals surface area contributed by atoms with Crippen LogP contribution in [-0.4, -0.2) is 25.3 Å². The van der Waals surface area contributed by atoms with Crippen LogP contribution in [0.2, 0.25) is 0 Å². The highest BCUT2D eigenvalue weighted by Gasteiger charge is 2.26. The molecule has 0 amide bonds. The van der Waals surface area contributed by atoms with Crippen molar-refractivity contribution in [2.75, 3.05) is 20.0 Å². The summed E-state index contributed by atoms with van der Waals surface area (Å²) in [6.07, 6.45) is 0. The molecular weight excluding hydrogens is 314 g/mol. The Bertz CT molecular complexity index is 657. The number of nitriles is 1. The van der Waals surface area contributed by atoms with Crippen molar-refractivity contribution in [3.63, 3.8) is 0 Å². The van der Waals surface area contributed by atoms with Gasteiger partial charge in [0.25, 0.3) is 0 Å². The van der Waals surface area contributed by atoms with Crippen molar-refractivity contribution in [2.45, 2.75) is 25.7 Å². The van der Waals surface area contributed by atoms with Gasteiger partial charge in [-0.15, -0.1) is 22.2 Å². The van der Waals surface area contributed by atoms with E-state index in [1.807, 2.05) is 18.2 Å². The van der Waals surface area contributed by atoms with Crippen LogP contribution in [-0.2, 0) is 0 Å². The molecule has 0 N–H and O–H groups in total. The van der Waals surface area contributed by atoms with Gasteiger partial charge in [-0.1, -0.05) is 20.8 Å². The van der Waals surface area contributed by atoms with E-state index in [1.165, 1.54) is 4.24 Å². The quantitative estimate of drug-likeness (QED) is 0.595. The molecular formula is C17H21NO2S2. The molecule has 0 saturated carbocycles. The molecule has 1 aliphatic heterocycles. The first-order valence-corrected chi connectivity index (χ1v) is 9.25. The molecule has 0 spiro atoms. The molecule has 1 aromatic carbocycles. The van der Waals surface area contributed by atoms with Gasteiger partial charge in [0.15, 0.2) is 0 Å². The van der Waals surface area contributed by atoms with Gasteiger partial charge in [-0.3, -0.25) is 0 Å². The zero-order valence-corrected chi connectivity index (χ0v) is 15.2. The summed E-state index contributed by atoms with van der Waals surface area (Å²) in [4.78, 5) is 1.13. The lowest BCUT2D eigenvalue weighted by Crippen LogP contribution is -2.09. The largest absolute Gasteiger partial charge is 0.497 e. The third-order valence-electron chi connectivity index (χ3n) is 3.29. The Morgan fingerprint density at radius 3 is 2.23 bits per heavy atom. The maximum atomic E-state index is 9.61. The SMILES string of the molecule is COc1cc(OC)cc(S2=CCS/C2=C(\C#N)C(C)(C)C)c1. The van der Waals surface area contributed by atoms with Crippen LogP contribution in [0.1, 0.15) is 20.8 Å². The Morgan fingerprint density at radius 1 is 1.18 bits per heavy atom. The Labute approximate surface area is 139 Å². The van der Waals surface area contributed by atoms with Crippen LogP contribution in [0.3, 0.4) is 0 Å². The summed E-state index contributed by atoms with van der Waals surface area (Å²) in [7, 11) is 3.11. The second kappa shape index (κ2) is 6.80. The Morgan fingerprint density at radius 2 is 1.77 bits per heavy atom. The summed E-state index contributed by atoms with van der Waals surface area (Å²) in [5.74, 6) is 2.49. The highest BCUT2D eigenvalue weighted by Crippen LogP contribution is 2.51. The number of methoxy groups -OCH3 is 2. The number of allylic oxidation sites excluding steroid dienone is 1. The number of benzene rings is 1. The minimum atomic E-state index is -0.194. The van der Waals surface area contributed by atoms with Crippen molar-refractivity contribution in [1.29, 1.82) is 5.26 Å². The fraction of sp³-hybridized carbons (Fsp3) is 0.412. The van der Waals surface area contributed by atoms with Crippen molar-refractivity contribution in [3.05, 3.63) is 28.0 Å². The molecule has 1 aliphatic rings. The molecule has 2 rings (SSSR count). The van der Waals surface area contributed by atoms with Crippen LogP contribution in [0.15, 0.2) is 32.9 Å². The van der Waals surface area contributed by atoms with Gasteiger partial charge >= 0.3 is 0 Å². The predicted molar refractivity (Wildman–Crippen MR) is 96.0 cm³/mol. The van der Waals surface area contributed by atoms with E-state index in [9.17, 15) is 5.26 Å². The van der Waals surface area contributed by atoms with Crippen molar-refractivity contribution in [1.82, 2.24) is 0 Å². The lowest BCUT2D eigenvalue weighted by molar-refractivity contribution is 0.392. The van der Waals surface area contributed by atoms with Crippen LogP contribution >= 0.6 is 22.2 Å². The molecule has 1 aromatic rings. The third-order valence-corrected chi connectivity index (χ3v) is 7.04. The molecule has 5 heteroatoms. The lowest BCUT2D eigenvalue weighted by atomic mass is 9.88. The summed E-state index contributed by atoms with van der Waals surface area (Å²) < 4.78 is 11.9.